The van der Waals surface area contributed by atoms with E-state index in [1.165, 1.54) is 11.3 Å². The molecule has 0 radical (unpaired) electrons. The van der Waals surface area contributed by atoms with Gasteiger partial charge in [-0.1, -0.05) is 25.1 Å². The number of hydrogen-bond donors (Lipinski definition) is 2. The SMILES string of the molecule is CC1Cc2ccccc2N(C(CN)CO)C1. The smallest absolute Gasteiger partial charge is 0.0647 e. The molecule has 1 aromatic rings. The average Bonchev–Trinajstić information content (AvgIpc) is 2.30. The van der Waals surface area contributed by atoms with Crippen LogP contribution >= 0.6 is 0 Å². The average molecular weight is 220 g/mol. The Bertz CT molecular complexity index is 350. The molecule has 0 aromatic heterocycles. The highest BCUT2D eigenvalue weighted by molar-refractivity contribution is 5.56. The summed E-state index contributed by atoms with van der Waals surface area (Å²) in [5, 5.41) is 9.37. The molecule has 0 saturated heterocycles. The molecule has 16 heavy (non-hydrogen) atoms. The maximum absolute atomic E-state index is 9.37. The number of nitrogens with two attached hydrogens (primary N) is 1. The van der Waals surface area contributed by atoms with E-state index in [9.17, 15) is 5.11 Å². The van der Waals surface area contributed by atoms with Crippen LogP contribution in [0.15, 0.2) is 24.3 Å². The maximum Gasteiger partial charge on any atom is 0.0647 e. The zero-order valence-corrected chi connectivity index (χ0v) is 9.76. The number of nitrogens with zero attached hydrogens (tertiary/aromatic N) is 1. The molecule has 88 valence electrons. The van der Waals surface area contributed by atoms with Gasteiger partial charge >= 0.3 is 0 Å². The van der Waals surface area contributed by atoms with Crippen molar-refractivity contribution in [3.8, 4) is 0 Å². The van der Waals surface area contributed by atoms with Gasteiger partial charge in [0.05, 0.1) is 12.6 Å². The highest BCUT2D eigenvalue weighted by atomic mass is 16.3. The van der Waals surface area contributed by atoms with Gasteiger partial charge in [-0.15, -0.1) is 0 Å². The first-order valence-electron chi connectivity index (χ1n) is 5.91. The van der Waals surface area contributed by atoms with Crippen molar-refractivity contribution in [1.29, 1.82) is 0 Å². The molecule has 0 amide bonds. The molecule has 2 rings (SSSR count). The number of fused-ring (bicyclic) bond motifs is 1. The number of rotatable bonds is 3. The molecule has 1 aromatic carbocycles. The third kappa shape index (κ3) is 2.06. The summed E-state index contributed by atoms with van der Waals surface area (Å²) in [6.45, 7) is 3.85. The van der Waals surface area contributed by atoms with Crippen molar-refractivity contribution in [2.75, 3.05) is 24.6 Å². The van der Waals surface area contributed by atoms with Crippen LogP contribution in [0, 0.1) is 5.92 Å². The van der Waals surface area contributed by atoms with E-state index in [4.69, 9.17) is 5.73 Å². The molecule has 0 fully saturated rings. The van der Waals surface area contributed by atoms with E-state index in [-0.39, 0.29) is 12.6 Å². The van der Waals surface area contributed by atoms with E-state index >= 15 is 0 Å². The number of para-hydroxylation sites is 1. The molecule has 0 saturated carbocycles. The van der Waals surface area contributed by atoms with Crippen LogP contribution in [0.4, 0.5) is 5.69 Å². The lowest BCUT2D eigenvalue weighted by atomic mass is 9.93. The molecule has 2 unspecified atom stereocenters. The topological polar surface area (TPSA) is 49.5 Å². The van der Waals surface area contributed by atoms with Crippen LogP contribution in [0.2, 0.25) is 0 Å². The highest BCUT2D eigenvalue weighted by Gasteiger charge is 2.25. The Hall–Kier alpha value is -1.06. The second-order valence-corrected chi connectivity index (χ2v) is 4.66. The lowest BCUT2D eigenvalue weighted by Crippen LogP contribution is -2.47. The fraction of sp³-hybridized carbons (Fsp3) is 0.538. The molecule has 0 bridgehead atoms. The van der Waals surface area contributed by atoms with Crippen LogP contribution < -0.4 is 10.6 Å². The Labute approximate surface area is 96.9 Å². The summed E-state index contributed by atoms with van der Waals surface area (Å²) in [4.78, 5) is 2.25. The first-order chi connectivity index (χ1) is 7.76. The van der Waals surface area contributed by atoms with Gasteiger partial charge in [0.2, 0.25) is 0 Å². The van der Waals surface area contributed by atoms with E-state index in [0.29, 0.717) is 12.5 Å². The van der Waals surface area contributed by atoms with E-state index in [1.807, 2.05) is 6.07 Å². The van der Waals surface area contributed by atoms with Gasteiger partial charge in [-0.2, -0.15) is 0 Å². The summed E-state index contributed by atoms with van der Waals surface area (Å²) in [7, 11) is 0. The van der Waals surface area contributed by atoms with Gasteiger partial charge in [-0.05, 0) is 24.0 Å². The van der Waals surface area contributed by atoms with Crippen LogP contribution in [0.1, 0.15) is 12.5 Å². The summed E-state index contributed by atoms with van der Waals surface area (Å²) in [6, 6.07) is 8.46. The van der Waals surface area contributed by atoms with Crippen molar-refractivity contribution in [1.82, 2.24) is 0 Å². The van der Waals surface area contributed by atoms with Crippen LogP contribution in [-0.2, 0) is 6.42 Å². The van der Waals surface area contributed by atoms with Gasteiger partial charge in [0.15, 0.2) is 0 Å². The molecule has 3 heteroatoms. The van der Waals surface area contributed by atoms with Gasteiger partial charge in [0.25, 0.3) is 0 Å². The Balaban J connectivity index is 2.32. The van der Waals surface area contributed by atoms with Crippen LogP contribution in [0.5, 0.6) is 0 Å². The number of benzene rings is 1. The molecule has 3 nitrogen and oxygen atoms in total. The van der Waals surface area contributed by atoms with Gasteiger partial charge < -0.3 is 15.7 Å². The normalized spacial score (nSPS) is 21.7. The van der Waals surface area contributed by atoms with Crippen LogP contribution in [-0.4, -0.2) is 30.8 Å². The zero-order valence-electron chi connectivity index (χ0n) is 9.76. The van der Waals surface area contributed by atoms with Crippen LogP contribution in [0.3, 0.4) is 0 Å². The maximum atomic E-state index is 9.37. The van der Waals surface area contributed by atoms with E-state index in [2.05, 4.69) is 30.0 Å². The van der Waals surface area contributed by atoms with Crippen molar-refractivity contribution in [2.24, 2.45) is 11.7 Å². The molecule has 1 heterocycles. The van der Waals surface area contributed by atoms with Gasteiger partial charge in [0.1, 0.15) is 0 Å². The lowest BCUT2D eigenvalue weighted by molar-refractivity contribution is 0.256. The fourth-order valence-corrected chi connectivity index (χ4v) is 2.48. The Morgan fingerprint density at radius 1 is 1.50 bits per heavy atom. The van der Waals surface area contributed by atoms with E-state index in [0.717, 1.165) is 13.0 Å². The van der Waals surface area contributed by atoms with Crippen molar-refractivity contribution in [3.63, 3.8) is 0 Å². The van der Waals surface area contributed by atoms with Gasteiger partial charge in [-0.3, -0.25) is 0 Å². The van der Waals surface area contributed by atoms with Gasteiger partial charge in [-0.25, -0.2) is 0 Å². The second kappa shape index (κ2) is 4.85. The number of aliphatic hydroxyl groups excluding tert-OH is 1. The molecule has 3 N–H and O–H groups in total. The summed E-state index contributed by atoms with van der Waals surface area (Å²) >= 11 is 0. The molecule has 2 atom stereocenters. The molecule has 0 spiro atoms. The molecular weight excluding hydrogens is 200 g/mol. The Kier molecular flexibility index (Phi) is 3.46. The molecule has 1 aliphatic rings. The minimum absolute atomic E-state index is 0.0453. The third-order valence-electron chi connectivity index (χ3n) is 3.30. The van der Waals surface area contributed by atoms with Crippen molar-refractivity contribution < 1.29 is 5.11 Å². The second-order valence-electron chi connectivity index (χ2n) is 4.66. The third-order valence-corrected chi connectivity index (χ3v) is 3.30. The molecule has 1 aliphatic heterocycles. The number of hydrogen-bond acceptors (Lipinski definition) is 3. The first kappa shape index (κ1) is 11.4. The first-order valence-corrected chi connectivity index (χ1v) is 5.91. The fourth-order valence-electron chi connectivity index (χ4n) is 2.48. The lowest BCUT2D eigenvalue weighted by Gasteiger charge is -2.39. The van der Waals surface area contributed by atoms with Crippen LogP contribution in [0.25, 0.3) is 0 Å². The van der Waals surface area contributed by atoms with E-state index < -0.39 is 0 Å². The predicted octanol–water partition coefficient (Wildman–Crippen LogP) is 1.00. The zero-order chi connectivity index (χ0) is 11.5. The largest absolute Gasteiger partial charge is 0.394 e. The molecule has 0 aliphatic carbocycles. The van der Waals surface area contributed by atoms with Crippen molar-refractivity contribution >= 4 is 5.69 Å². The summed E-state index contributed by atoms with van der Waals surface area (Å²) < 4.78 is 0. The summed E-state index contributed by atoms with van der Waals surface area (Å²) in [5.74, 6) is 0.621. The summed E-state index contributed by atoms with van der Waals surface area (Å²) in [5.41, 5.74) is 8.32. The quantitative estimate of drug-likeness (QED) is 0.799. The van der Waals surface area contributed by atoms with Gasteiger partial charge in [0, 0.05) is 18.8 Å². The van der Waals surface area contributed by atoms with Crippen molar-refractivity contribution in [3.05, 3.63) is 29.8 Å². The Morgan fingerprint density at radius 2 is 2.25 bits per heavy atom. The molecular formula is C13H20N2O. The standard InChI is InChI=1S/C13H20N2O/c1-10-6-11-4-2-3-5-13(11)15(8-10)12(7-14)9-16/h2-5,10,12,16H,6-9,14H2,1H3. The minimum atomic E-state index is 0.0453. The van der Waals surface area contributed by atoms with E-state index in [1.54, 1.807) is 0 Å². The number of anilines is 1. The Morgan fingerprint density at radius 3 is 2.94 bits per heavy atom. The summed E-state index contributed by atoms with van der Waals surface area (Å²) in [6.07, 6.45) is 1.12. The predicted molar refractivity (Wildman–Crippen MR) is 66.6 cm³/mol. The van der Waals surface area contributed by atoms with Crippen molar-refractivity contribution in [2.45, 2.75) is 19.4 Å². The monoisotopic (exact) mass is 220 g/mol. The minimum Gasteiger partial charge on any atom is -0.394 e. The highest BCUT2D eigenvalue weighted by Crippen LogP contribution is 2.30. The number of aliphatic hydroxyl groups is 1.